The molecule has 23 heavy (non-hydrogen) atoms. The fraction of sp³-hybridized carbons (Fsp3) is 0.467. The van der Waals surface area contributed by atoms with Crippen molar-refractivity contribution in [2.75, 3.05) is 25.0 Å². The zero-order chi connectivity index (χ0) is 16.2. The summed E-state index contributed by atoms with van der Waals surface area (Å²) in [6.07, 6.45) is 5.37. The van der Waals surface area contributed by atoms with Crippen LogP contribution in [0, 0.1) is 0 Å². The minimum atomic E-state index is -0.266. The number of carbonyl (C=O) groups is 1. The number of hydrogen-bond acceptors (Lipinski definition) is 6. The first kappa shape index (κ1) is 15.3. The Labute approximate surface area is 133 Å². The molecule has 0 bridgehead atoms. The lowest BCUT2D eigenvalue weighted by Gasteiger charge is -2.18. The van der Waals surface area contributed by atoms with Crippen LogP contribution in [-0.2, 0) is 17.9 Å². The van der Waals surface area contributed by atoms with Crippen molar-refractivity contribution in [3.05, 3.63) is 40.6 Å². The molecule has 1 amide bonds. The van der Waals surface area contributed by atoms with E-state index in [1.54, 1.807) is 25.4 Å². The van der Waals surface area contributed by atoms with Crippen molar-refractivity contribution in [2.45, 2.75) is 25.9 Å². The molecule has 0 aliphatic carbocycles. The van der Waals surface area contributed by atoms with Crippen LogP contribution in [0.3, 0.4) is 0 Å². The molecule has 1 fully saturated rings. The van der Waals surface area contributed by atoms with E-state index in [2.05, 4.69) is 15.2 Å². The molecule has 3 rings (SSSR count). The zero-order valence-corrected chi connectivity index (χ0v) is 13.0. The predicted octanol–water partition coefficient (Wildman–Crippen LogP) is 0.490. The highest BCUT2D eigenvalue weighted by Gasteiger charge is 2.16. The molecular formula is C15H19N5O3. The van der Waals surface area contributed by atoms with Crippen molar-refractivity contribution in [2.24, 2.45) is 0 Å². The van der Waals surface area contributed by atoms with Gasteiger partial charge in [-0.25, -0.2) is 4.68 Å². The van der Waals surface area contributed by atoms with Crippen LogP contribution in [-0.4, -0.2) is 45.9 Å². The van der Waals surface area contributed by atoms with Crippen molar-refractivity contribution < 1.29 is 9.32 Å². The molecule has 2 aromatic heterocycles. The number of likely N-dealkylation sites (N-methyl/N-ethyl adjacent to an activating group) is 1. The van der Waals surface area contributed by atoms with Crippen LogP contribution >= 0.6 is 0 Å². The van der Waals surface area contributed by atoms with E-state index in [9.17, 15) is 9.59 Å². The number of aromatic nitrogens is 3. The van der Waals surface area contributed by atoms with Gasteiger partial charge in [-0.15, -0.1) is 0 Å². The van der Waals surface area contributed by atoms with Gasteiger partial charge in [-0.2, -0.15) is 5.10 Å². The average molecular weight is 317 g/mol. The predicted molar refractivity (Wildman–Crippen MR) is 82.9 cm³/mol. The number of anilines is 1. The molecule has 1 aliphatic heterocycles. The summed E-state index contributed by atoms with van der Waals surface area (Å²) >= 11 is 0. The van der Waals surface area contributed by atoms with Crippen LogP contribution < -0.4 is 10.5 Å². The smallest absolute Gasteiger partial charge is 0.269 e. The highest BCUT2D eigenvalue weighted by Crippen LogP contribution is 2.16. The van der Waals surface area contributed by atoms with E-state index in [1.807, 2.05) is 0 Å². The van der Waals surface area contributed by atoms with Crippen molar-refractivity contribution in [1.82, 2.24) is 19.8 Å². The highest BCUT2D eigenvalue weighted by molar-refractivity contribution is 5.75. The van der Waals surface area contributed by atoms with E-state index >= 15 is 0 Å². The van der Waals surface area contributed by atoms with E-state index in [1.165, 1.54) is 15.8 Å². The van der Waals surface area contributed by atoms with Gasteiger partial charge in [0.25, 0.3) is 5.56 Å². The van der Waals surface area contributed by atoms with E-state index < -0.39 is 0 Å². The highest BCUT2D eigenvalue weighted by atomic mass is 16.5. The maximum atomic E-state index is 12.2. The second-order valence-corrected chi connectivity index (χ2v) is 5.64. The Morgan fingerprint density at radius 2 is 2.17 bits per heavy atom. The molecule has 0 saturated carbocycles. The minimum absolute atomic E-state index is 0.0898. The van der Waals surface area contributed by atoms with E-state index in [0.29, 0.717) is 12.2 Å². The van der Waals surface area contributed by atoms with Gasteiger partial charge < -0.3 is 14.3 Å². The fourth-order valence-corrected chi connectivity index (χ4v) is 2.59. The van der Waals surface area contributed by atoms with Crippen LogP contribution in [0.25, 0.3) is 0 Å². The van der Waals surface area contributed by atoms with Gasteiger partial charge in [-0.05, 0) is 12.8 Å². The van der Waals surface area contributed by atoms with Crippen LogP contribution in [0.4, 0.5) is 5.69 Å². The number of hydrogen-bond donors (Lipinski definition) is 0. The first-order valence-corrected chi connectivity index (χ1v) is 7.59. The Bertz CT molecular complexity index is 719. The third-order valence-corrected chi connectivity index (χ3v) is 3.93. The van der Waals surface area contributed by atoms with Gasteiger partial charge in [0.15, 0.2) is 0 Å². The first-order chi connectivity index (χ1) is 11.1. The largest absolute Gasteiger partial charge is 0.370 e. The molecule has 3 heterocycles. The van der Waals surface area contributed by atoms with Gasteiger partial charge in [0.05, 0.1) is 18.4 Å². The molecule has 0 radical (unpaired) electrons. The van der Waals surface area contributed by atoms with Crippen LogP contribution in [0.5, 0.6) is 0 Å². The van der Waals surface area contributed by atoms with Gasteiger partial charge in [-0.1, -0.05) is 5.16 Å². The molecule has 122 valence electrons. The quantitative estimate of drug-likeness (QED) is 0.798. The van der Waals surface area contributed by atoms with E-state index in [-0.39, 0.29) is 18.0 Å². The molecule has 2 aromatic rings. The van der Waals surface area contributed by atoms with Crippen molar-refractivity contribution in [1.29, 1.82) is 0 Å². The minimum Gasteiger partial charge on any atom is -0.370 e. The summed E-state index contributed by atoms with van der Waals surface area (Å²) in [6.45, 7) is 2.14. The van der Waals surface area contributed by atoms with Crippen molar-refractivity contribution in [3.63, 3.8) is 0 Å². The van der Waals surface area contributed by atoms with Crippen LogP contribution in [0.1, 0.15) is 18.5 Å². The lowest BCUT2D eigenvalue weighted by Crippen LogP contribution is -2.35. The number of rotatable bonds is 5. The van der Waals surface area contributed by atoms with E-state index in [0.717, 1.165) is 31.6 Å². The molecule has 0 N–H and O–H groups in total. The zero-order valence-electron chi connectivity index (χ0n) is 13.0. The van der Waals surface area contributed by atoms with Gasteiger partial charge in [0, 0.05) is 32.3 Å². The third kappa shape index (κ3) is 3.58. The summed E-state index contributed by atoms with van der Waals surface area (Å²) in [6, 6.07) is 3.24. The monoisotopic (exact) mass is 317 g/mol. The molecule has 8 heteroatoms. The Balaban J connectivity index is 1.65. The maximum absolute atomic E-state index is 12.2. The lowest BCUT2D eigenvalue weighted by atomic mass is 10.4. The topological polar surface area (TPSA) is 84.5 Å². The standard InChI is InChI=1S/C15H19N5O3/c1-18(10-12-4-7-23-17-12)15(22)11-20-14(21)8-13(9-16-20)19-5-2-3-6-19/h4,7-9H,2-3,5-6,10-11H2,1H3. The average Bonchev–Trinajstić information content (AvgIpc) is 3.22. The molecule has 0 atom stereocenters. The Morgan fingerprint density at radius 3 is 2.83 bits per heavy atom. The van der Waals surface area contributed by atoms with Gasteiger partial charge in [0.2, 0.25) is 5.91 Å². The van der Waals surface area contributed by atoms with Gasteiger partial charge >= 0.3 is 0 Å². The molecule has 0 spiro atoms. The summed E-state index contributed by atoms with van der Waals surface area (Å²) < 4.78 is 5.92. The van der Waals surface area contributed by atoms with Crippen molar-refractivity contribution >= 4 is 11.6 Å². The van der Waals surface area contributed by atoms with Crippen LogP contribution in [0.2, 0.25) is 0 Å². The van der Waals surface area contributed by atoms with Crippen molar-refractivity contribution in [3.8, 4) is 0 Å². The number of carbonyl (C=O) groups excluding carboxylic acids is 1. The van der Waals surface area contributed by atoms with Gasteiger partial charge in [0.1, 0.15) is 18.5 Å². The normalized spacial score (nSPS) is 14.2. The summed E-state index contributed by atoms with van der Waals surface area (Å²) in [5.74, 6) is -0.212. The summed E-state index contributed by atoms with van der Waals surface area (Å²) in [5.41, 5.74) is 1.22. The van der Waals surface area contributed by atoms with Gasteiger partial charge in [-0.3, -0.25) is 9.59 Å². The van der Waals surface area contributed by atoms with Crippen LogP contribution in [0.15, 0.2) is 33.9 Å². The Hall–Kier alpha value is -2.64. The second-order valence-electron chi connectivity index (χ2n) is 5.64. The number of amides is 1. The molecule has 1 aliphatic rings. The molecule has 1 saturated heterocycles. The summed E-state index contributed by atoms with van der Waals surface area (Å²) in [7, 11) is 1.65. The summed E-state index contributed by atoms with van der Waals surface area (Å²) in [5, 5.41) is 7.88. The summed E-state index contributed by atoms with van der Waals surface area (Å²) in [4.78, 5) is 28.0. The molecule has 0 unspecified atom stereocenters. The van der Waals surface area contributed by atoms with E-state index in [4.69, 9.17) is 4.52 Å². The fourth-order valence-electron chi connectivity index (χ4n) is 2.59. The molecular weight excluding hydrogens is 298 g/mol. The molecule has 0 aromatic carbocycles. The third-order valence-electron chi connectivity index (χ3n) is 3.93. The Morgan fingerprint density at radius 1 is 1.39 bits per heavy atom. The molecule has 8 nitrogen and oxygen atoms in total. The maximum Gasteiger partial charge on any atom is 0.269 e. The number of nitrogens with zero attached hydrogens (tertiary/aromatic N) is 5. The SMILES string of the molecule is CN(Cc1ccon1)C(=O)Cn1ncc(N2CCCC2)cc1=O. The lowest BCUT2D eigenvalue weighted by molar-refractivity contribution is -0.131. The first-order valence-electron chi connectivity index (χ1n) is 7.59. The second kappa shape index (κ2) is 6.64. The Kier molecular flexibility index (Phi) is 4.40.